The lowest BCUT2D eigenvalue weighted by atomic mass is 9.98. The summed E-state index contributed by atoms with van der Waals surface area (Å²) in [5, 5.41) is 5.85. The summed E-state index contributed by atoms with van der Waals surface area (Å²) in [5.74, 6) is 0.300. The minimum atomic E-state index is -0.317. The molecular formula is C22H29N3O2. The number of hydrogen-bond acceptors (Lipinski definition) is 3. The largest absolute Gasteiger partial charge is 0.352 e. The lowest BCUT2D eigenvalue weighted by Gasteiger charge is -2.16. The van der Waals surface area contributed by atoms with Gasteiger partial charge in [-0.05, 0) is 48.4 Å². The number of carbonyl (C=O) groups excluding carboxylic acids is 2. The van der Waals surface area contributed by atoms with Crippen LogP contribution in [0.5, 0.6) is 0 Å². The van der Waals surface area contributed by atoms with Crippen molar-refractivity contribution in [2.75, 3.05) is 11.9 Å². The fraction of sp³-hybridized carbons (Fsp3) is 0.409. The van der Waals surface area contributed by atoms with Crippen molar-refractivity contribution in [2.24, 2.45) is 5.92 Å². The molecule has 1 heterocycles. The van der Waals surface area contributed by atoms with Gasteiger partial charge in [0.05, 0.1) is 0 Å². The third-order valence-corrected chi connectivity index (χ3v) is 4.43. The number of pyridine rings is 1. The topological polar surface area (TPSA) is 71.1 Å². The highest BCUT2D eigenvalue weighted by Gasteiger charge is 2.16. The van der Waals surface area contributed by atoms with Gasteiger partial charge >= 0.3 is 0 Å². The average Bonchev–Trinajstić information content (AvgIpc) is 2.62. The van der Waals surface area contributed by atoms with Crippen molar-refractivity contribution in [2.45, 2.75) is 47.0 Å². The van der Waals surface area contributed by atoms with E-state index in [0.29, 0.717) is 18.0 Å². The fourth-order valence-corrected chi connectivity index (χ4v) is 2.79. The number of amides is 2. The maximum Gasteiger partial charge on any atom is 0.274 e. The Morgan fingerprint density at radius 1 is 1.07 bits per heavy atom. The minimum Gasteiger partial charge on any atom is -0.352 e. The second-order valence-electron chi connectivity index (χ2n) is 7.52. The molecule has 0 spiro atoms. The van der Waals surface area contributed by atoms with Crippen LogP contribution in [0.15, 0.2) is 36.5 Å². The van der Waals surface area contributed by atoms with Crippen LogP contribution in [0.2, 0.25) is 0 Å². The summed E-state index contributed by atoms with van der Waals surface area (Å²) in [5.41, 5.74) is 3.55. The van der Waals surface area contributed by atoms with E-state index < -0.39 is 0 Å². The molecule has 1 aromatic heterocycles. The third-order valence-electron chi connectivity index (χ3n) is 4.43. The quantitative estimate of drug-likeness (QED) is 0.754. The van der Waals surface area contributed by atoms with Gasteiger partial charge in [-0.2, -0.15) is 0 Å². The zero-order valence-electron chi connectivity index (χ0n) is 16.8. The molecule has 2 N–H and O–H groups in total. The van der Waals surface area contributed by atoms with E-state index >= 15 is 0 Å². The molecule has 0 aliphatic rings. The molecule has 5 heteroatoms. The number of aryl methyl sites for hydroxylation is 1. The molecule has 2 aromatic rings. The molecule has 0 fully saturated rings. The van der Waals surface area contributed by atoms with Gasteiger partial charge in [-0.25, -0.2) is 0 Å². The first-order valence-corrected chi connectivity index (χ1v) is 9.44. The summed E-state index contributed by atoms with van der Waals surface area (Å²) in [6.07, 6.45) is 2.41. The number of anilines is 1. The summed E-state index contributed by atoms with van der Waals surface area (Å²) in [6.45, 7) is 11.0. The number of para-hydroxylation sites is 1. The normalized spacial score (nSPS) is 10.9. The average molecular weight is 367 g/mol. The second kappa shape index (κ2) is 9.31. The number of aromatic nitrogens is 1. The van der Waals surface area contributed by atoms with E-state index in [9.17, 15) is 9.59 Å². The van der Waals surface area contributed by atoms with Crippen LogP contribution in [0.1, 0.15) is 72.0 Å². The molecule has 0 atom stereocenters. The monoisotopic (exact) mass is 367 g/mol. The molecule has 0 saturated carbocycles. The zero-order chi connectivity index (χ0) is 20.0. The predicted molar refractivity (Wildman–Crippen MR) is 109 cm³/mol. The highest BCUT2D eigenvalue weighted by Crippen LogP contribution is 2.27. The van der Waals surface area contributed by atoms with E-state index in [1.165, 1.54) is 12.3 Å². The first-order chi connectivity index (χ1) is 12.8. The van der Waals surface area contributed by atoms with Crippen LogP contribution in [-0.2, 0) is 0 Å². The molecule has 0 aliphatic heterocycles. The molecule has 5 nitrogen and oxygen atoms in total. The molecule has 2 rings (SSSR count). The molecule has 144 valence electrons. The highest BCUT2D eigenvalue weighted by atomic mass is 16.2. The van der Waals surface area contributed by atoms with Gasteiger partial charge in [0, 0.05) is 24.0 Å². The zero-order valence-corrected chi connectivity index (χ0v) is 16.8. The van der Waals surface area contributed by atoms with E-state index in [2.05, 4.69) is 43.3 Å². The van der Waals surface area contributed by atoms with Gasteiger partial charge in [-0.15, -0.1) is 0 Å². The van der Waals surface area contributed by atoms with E-state index in [1.54, 1.807) is 6.07 Å². The maximum atomic E-state index is 12.7. The van der Waals surface area contributed by atoms with Crippen molar-refractivity contribution >= 4 is 17.5 Å². The Balaban J connectivity index is 2.15. The number of hydrogen-bond donors (Lipinski definition) is 2. The lowest BCUT2D eigenvalue weighted by molar-refractivity contribution is 0.0952. The molecule has 27 heavy (non-hydrogen) atoms. The van der Waals surface area contributed by atoms with Gasteiger partial charge in [0.2, 0.25) is 0 Å². The van der Waals surface area contributed by atoms with Gasteiger partial charge < -0.3 is 10.6 Å². The van der Waals surface area contributed by atoms with Gasteiger partial charge in [0.25, 0.3) is 11.8 Å². The number of nitrogens with zero attached hydrogens (tertiary/aromatic N) is 1. The molecule has 1 aromatic carbocycles. The lowest BCUT2D eigenvalue weighted by Crippen LogP contribution is -2.26. The summed E-state index contributed by atoms with van der Waals surface area (Å²) >= 11 is 0. The second-order valence-corrected chi connectivity index (χ2v) is 7.52. The van der Waals surface area contributed by atoms with Crippen LogP contribution in [0, 0.1) is 12.8 Å². The van der Waals surface area contributed by atoms with Crippen LogP contribution in [0.25, 0.3) is 0 Å². The number of rotatable bonds is 7. The van der Waals surface area contributed by atoms with Crippen LogP contribution >= 0.6 is 0 Å². The number of carbonyl (C=O) groups is 2. The van der Waals surface area contributed by atoms with Crippen LogP contribution in [0.3, 0.4) is 0 Å². The Hall–Kier alpha value is -2.69. The number of nitrogens with one attached hydrogen (secondary N) is 2. The van der Waals surface area contributed by atoms with Gasteiger partial charge in [-0.1, -0.05) is 45.9 Å². The van der Waals surface area contributed by atoms with Gasteiger partial charge in [0.1, 0.15) is 5.69 Å². The van der Waals surface area contributed by atoms with Gasteiger partial charge in [-0.3, -0.25) is 14.6 Å². The van der Waals surface area contributed by atoms with Crippen molar-refractivity contribution in [1.82, 2.24) is 10.3 Å². The molecule has 0 radical (unpaired) electrons. The SMILES string of the molecule is Cc1cccc(C(C)C)c1NC(=O)c1cc(C(=O)NCCC(C)C)ccn1. The standard InChI is InChI=1S/C22H29N3O2/c1-14(2)9-11-24-21(26)17-10-12-23-19(13-17)22(27)25-20-16(5)7-6-8-18(20)15(3)4/h6-8,10,12-15H,9,11H2,1-5H3,(H,24,26)(H,25,27). The van der Waals surface area contributed by atoms with Crippen molar-refractivity contribution in [3.63, 3.8) is 0 Å². The van der Waals surface area contributed by atoms with Crippen LogP contribution in [-0.4, -0.2) is 23.3 Å². The van der Waals surface area contributed by atoms with Gasteiger partial charge in [0.15, 0.2) is 0 Å². The number of benzene rings is 1. The summed E-state index contributed by atoms with van der Waals surface area (Å²) in [6, 6.07) is 9.12. The van der Waals surface area contributed by atoms with Crippen molar-refractivity contribution in [3.05, 3.63) is 58.9 Å². The van der Waals surface area contributed by atoms with E-state index in [1.807, 2.05) is 25.1 Å². The van der Waals surface area contributed by atoms with Crippen molar-refractivity contribution < 1.29 is 9.59 Å². The van der Waals surface area contributed by atoms with Crippen LogP contribution in [0.4, 0.5) is 5.69 Å². The van der Waals surface area contributed by atoms with Crippen LogP contribution < -0.4 is 10.6 Å². The summed E-state index contributed by atoms with van der Waals surface area (Å²) in [7, 11) is 0. The van der Waals surface area contributed by atoms with E-state index in [-0.39, 0.29) is 23.4 Å². The Labute approximate surface area is 161 Å². The van der Waals surface area contributed by atoms with Crippen molar-refractivity contribution in [1.29, 1.82) is 0 Å². The molecular weight excluding hydrogens is 338 g/mol. The predicted octanol–water partition coefficient (Wildman–Crippen LogP) is 4.54. The molecule has 2 amide bonds. The summed E-state index contributed by atoms with van der Waals surface area (Å²) in [4.78, 5) is 29.1. The van der Waals surface area contributed by atoms with E-state index in [4.69, 9.17) is 0 Å². The Bertz CT molecular complexity index is 813. The Kier molecular flexibility index (Phi) is 7.11. The fourth-order valence-electron chi connectivity index (χ4n) is 2.79. The summed E-state index contributed by atoms with van der Waals surface area (Å²) < 4.78 is 0. The third kappa shape index (κ3) is 5.64. The van der Waals surface area contributed by atoms with Crippen molar-refractivity contribution in [3.8, 4) is 0 Å². The first-order valence-electron chi connectivity index (χ1n) is 9.44. The highest BCUT2D eigenvalue weighted by molar-refractivity contribution is 6.05. The molecule has 0 saturated heterocycles. The molecule has 0 aliphatic carbocycles. The Morgan fingerprint density at radius 2 is 1.81 bits per heavy atom. The Morgan fingerprint density at radius 3 is 2.48 bits per heavy atom. The maximum absolute atomic E-state index is 12.7. The smallest absolute Gasteiger partial charge is 0.274 e. The first kappa shape index (κ1) is 20.6. The van der Waals surface area contributed by atoms with E-state index in [0.717, 1.165) is 23.2 Å². The molecule has 0 unspecified atom stereocenters. The minimum absolute atomic E-state index is 0.189. The molecule has 0 bridgehead atoms.